The fourth-order valence-corrected chi connectivity index (χ4v) is 4.47. The van der Waals surface area contributed by atoms with Crippen LogP contribution >= 0.6 is 0 Å². The van der Waals surface area contributed by atoms with Crippen molar-refractivity contribution in [2.75, 3.05) is 0 Å². The van der Waals surface area contributed by atoms with E-state index < -0.39 is 15.1 Å². The molecule has 0 aromatic heterocycles. The van der Waals surface area contributed by atoms with Gasteiger partial charge in [-0.15, -0.1) is 0 Å². The molecule has 3 aromatic carbocycles. The Morgan fingerprint density at radius 1 is 0.652 bits per heavy atom. The maximum Gasteiger partial charge on any atom is 0.185 e. The van der Waals surface area contributed by atoms with Gasteiger partial charge in [0.15, 0.2) is 9.84 Å². The molecule has 2 nitrogen and oxygen atoms in total. The monoisotopic (exact) mass is 322 g/mol. The van der Waals surface area contributed by atoms with E-state index in [9.17, 15) is 8.42 Å². The lowest BCUT2D eigenvalue weighted by Gasteiger charge is -2.18. The largest absolute Gasteiger partial charge is 0.223 e. The molecule has 0 radical (unpaired) electrons. The predicted molar refractivity (Wildman–Crippen MR) is 93.0 cm³/mol. The standard InChI is InChI=1S/C20H18O2S/c21-23(22,19-14-8-3-9-15-19)20(18-12-6-2-7-13-18)16-17-10-4-1-5-11-17/h1-15,20H,16H2. The minimum absolute atomic E-state index is 0.366. The molecule has 3 heteroatoms. The minimum atomic E-state index is -3.45. The lowest BCUT2D eigenvalue weighted by Crippen LogP contribution is -2.16. The zero-order valence-electron chi connectivity index (χ0n) is 12.7. The summed E-state index contributed by atoms with van der Waals surface area (Å²) in [6.07, 6.45) is 0.460. The van der Waals surface area contributed by atoms with Crippen LogP contribution in [-0.4, -0.2) is 8.42 Å². The van der Waals surface area contributed by atoms with E-state index in [1.54, 1.807) is 24.3 Å². The summed E-state index contributed by atoms with van der Waals surface area (Å²) in [7, 11) is -3.45. The Bertz CT molecular complexity index is 842. The number of rotatable bonds is 5. The molecule has 0 aliphatic rings. The van der Waals surface area contributed by atoms with Crippen molar-refractivity contribution >= 4 is 9.84 Å². The van der Waals surface area contributed by atoms with Gasteiger partial charge in [-0.25, -0.2) is 8.42 Å². The van der Waals surface area contributed by atoms with Gasteiger partial charge in [-0.2, -0.15) is 0 Å². The molecule has 3 aromatic rings. The van der Waals surface area contributed by atoms with Crippen LogP contribution in [0.3, 0.4) is 0 Å². The maximum atomic E-state index is 13.1. The van der Waals surface area contributed by atoms with Gasteiger partial charge in [-0.05, 0) is 29.7 Å². The molecule has 1 atom stereocenters. The van der Waals surface area contributed by atoms with E-state index in [4.69, 9.17) is 0 Å². The Morgan fingerprint density at radius 3 is 1.70 bits per heavy atom. The predicted octanol–water partition coefficient (Wildman–Crippen LogP) is 4.44. The van der Waals surface area contributed by atoms with Crippen LogP contribution in [0.15, 0.2) is 95.9 Å². The average Bonchev–Trinajstić information content (AvgIpc) is 2.62. The molecule has 0 aliphatic heterocycles. The van der Waals surface area contributed by atoms with Crippen molar-refractivity contribution in [1.29, 1.82) is 0 Å². The summed E-state index contributed by atoms with van der Waals surface area (Å²) in [5.41, 5.74) is 1.83. The SMILES string of the molecule is O=S(=O)(c1ccccc1)C(Cc1ccccc1)c1ccccc1. The van der Waals surface area contributed by atoms with Crippen LogP contribution in [0.4, 0.5) is 0 Å². The molecule has 116 valence electrons. The van der Waals surface area contributed by atoms with E-state index in [0.717, 1.165) is 11.1 Å². The van der Waals surface area contributed by atoms with E-state index in [-0.39, 0.29) is 0 Å². The molecular weight excluding hydrogens is 304 g/mol. The van der Waals surface area contributed by atoms with Gasteiger partial charge in [0.05, 0.1) is 10.1 Å². The van der Waals surface area contributed by atoms with Gasteiger partial charge in [0.25, 0.3) is 0 Å². The highest BCUT2D eigenvalue weighted by molar-refractivity contribution is 7.91. The fraction of sp³-hybridized carbons (Fsp3) is 0.100. The Balaban J connectivity index is 2.05. The quantitative estimate of drug-likeness (QED) is 0.696. The maximum absolute atomic E-state index is 13.1. The zero-order chi connectivity index (χ0) is 16.1. The van der Waals surface area contributed by atoms with Crippen LogP contribution in [0, 0.1) is 0 Å². The summed E-state index contributed by atoms with van der Waals surface area (Å²) in [4.78, 5) is 0.366. The molecule has 0 saturated carbocycles. The molecular formula is C20H18O2S. The first kappa shape index (κ1) is 15.5. The topological polar surface area (TPSA) is 34.1 Å². The van der Waals surface area contributed by atoms with Gasteiger partial charge in [0.1, 0.15) is 0 Å². The van der Waals surface area contributed by atoms with Crippen LogP contribution in [-0.2, 0) is 16.3 Å². The van der Waals surface area contributed by atoms with E-state index in [1.165, 1.54) is 0 Å². The zero-order valence-corrected chi connectivity index (χ0v) is 13.5. The third-order valence-electron chi connectivity index (χ3n) is 3.88. The summed E-state index contributed by atoms with van der Waals surface area (Å²) in [5, 5.41) is -0.589. The van der Waals surface area contributed by atoms with Crippen LogP contribution < -0.4 is 0 Å². The van der Waals surface area contributed by atoms with Crippen LogP contribution in [0.25, 0.3) is 0 Å². The summed E-state index contributed by atoms with van der Waals surface area (Å²) < 4.78 is 26.3. The van der Waals surface area contributed by atoms with E-state index in [1.807, 2.05) is 66.7 Å². The van der Waals surface area contributed by atoms with Gasteiger partial charge in [0.2, 0.25) is 0 Å². The summed E-state index contributed by atoms with van der Waals surface area (Å²) in [5.74, 6) is 0. The first-order valence-electron chi connectivity index (χ1n) is 7.56. The van der Waals surface area contributed by atoms with Gasteiger partial charge in [-0.1, -0.05) is 78.9 Å². The molecule has 0 spiro atoms. The smallest absolute Gasteiger partial charge is 0.185 e. The molecule has 0 fully saturated rings. The van der Waals surface area contributed by atoms with Crippen molar-refractivity contribution in [2.24, 2.45) is 0 Å². The molecule has 0 heterocycles. The third-order valence-corrected chi connectivity index (χ3v) is 6.00. The first-order valence-corrected chi connectivity index (χ1v) is 9.10. The third kappa shape index (κ3) is 3.51. The molecule has 0 aliphatic carbocycles. The molecule has 0 N–H and O–H groups in total. The minimum Gasteiger partial charge on any atom is -0.223 e. The van der Waals surface area contributed by atoms with Crippen molar-refractivity contribution < 1.29 is 8.42 Å². The molecule has 0 amide bonds. The number of benzene rings is 3. The Labute approximate surface area is 137 Å². The van der Waals surface area contributed by atoms with E-state index in [2.05, 4.69) is 0 Å². The highest BCUT2D eigenvalue weighted by Gasteiger charge is 2.29. The molecule has 0 saturated heterocycles. The van der Waals surface area contributed by atoms with Crippen LogP contribution in [0.5, 0.6) is 0 Å². The number of hydrogen-bond acceptors (Lipinski definition) is 2. The number of sulfone groups is 1. The first-order chi connectivity index (χ1) is 11.2. The average molecular weight is 322 g/mol. The van der Waals surface area contributed by atoms with E-state index >= 15 is 0 Å². The lowest BCUT2D eigenvalue weighted by molar-refractivity contribution is 0.581. The molecule has 3 rings (SSSR count). The second-order valence-electron chi connectivity index (χ2n) is 5.45. The van der Waals surface area contributed by atoms with Crippen LogP contribution in [0.1, 0.15) is 16.4 Å². The van der Waals surface area contributed by atoms with Crippen molar-refractivity contribution in [3.05, 3.63) is 102 Å². The van der Waals surface area contributed by atoms with Crippen molar-refractivity contribution in [3.8, 4) is 0 Å². The van der Waals surface area contributed by atoms with Crippen molar-refractivity contribution in [3.63, 3.8) is 0 Å². The van der Waals surface area contributed by atoms with Gasteiger partial charge in [-0.3, -0.25) is 0 Å². The number of hydrogen-bond donors (Lipinski definition) is 0. The summed E-state index contributed by atoms with van der Waals surface area (Å²) in [6, 6.07) is 27.9. The fourth-order valence-electron chi connectivity index (χ4n) is 2.68. The Morgan fingerprint density at radius 2 is 1.13 bits per heavy atom. The highest BCUT2D eigenvalue weighted by atomic mass is 32.2. The van der Waals surface area contributed by atoms with Crippen molar-refractivity contribution in [2.45, 2.75) is 16.6 Å². The normalized spacial score (nSPS) is 12.7. The van der Waals surface area contributed by atoms with Gasteiger partial charge in [0, 0.05) is 0 Å². The second-order valence-corrected chi connectivity index (χ2v) is 7.58. The van der Waals surface area contributed by atoms with E-state index in [0.29, 0.717) is 11.3 Å². The lowest BCUT2D eigenvalue weighted by atomic mass is 10.0. The van der Waals surface area contributed by atoms with Crippen molar-refractivity contribution in [1.82, 2.24) is 0 Å². The Hall–Kier alpha value is -2.39. The molecule has 23 heavy (non-hydrogen) atoms. The van der Waals surface area contributed by atoms with Crippen LogP contribution in [0.2, 0.25) is 0 Å². The molecule has 0 bridgehead atoms. The Kier molecular flexibility index (Phi) is 4.58. The summed E-state index contributed by atoms with van der Waals surface area (Å²) >= 11 is 0. The highest BCUT2D eigenvalue weighted by Crippen LogP contribution is 2.31. The summed E-state index contributed by atoms with van der Waals surface area (Å²) in [6.45, 7) is 0. The van der Waals surface area contributed by atoms with Gasteiger partial charge >= 0.3 is 0 Å². The molecule has 1 unspecified atom stereocenters. The van der Waals surface area contributed by atoms with Gasteiger partial charge < -0.3 is 0 Å². The second kappa shape index (κ2) is 6.80.